The fourth-order valence-electron chi connectivity index (χ4n) is 3.22. The van der Waals surface area contributed by atoms with E-state index >= 15 is 0 Å². The van der Waals surface area contributed by atoms with Crippen molar-refractivity contribution >= 4 is 11.6 Å². The monoisotopic (exact) mass is 371 g/mol. The molecule has 2 aromatic rings. The fourth-order valence-corrected chi connectivity index (χ4v) is 3.22. The minimum atomic E-state index is -0.518. The first-order chi connectivity index (χ1) is 12.8. The Morgan fingerprint density at radius 1 is 1.33 bits per heavy atom. The van der Waals surface area contributed by atoms with Crippen LogP contribution in [0.4, 0.5) is 5.69 Å². The summed E-state index contributed by atoms with van der Waals surface area (Å²) >= 11 is 0. The van der Waals surface area contributed by atoms with E-state index in [-0.39, 0.29) is 29.2 Å². The molecular formula is C18H21N5O4. The van der Waals surface area contributed by atoms with Crippen molar-refractivity contribution in [2.24, 2.45) is 0 Å². The van der Waals surface area contributed by atoms with Gasteiger partial charge in [-0.2, -0.15) is 5.10 Å². The Bertz CT molecular complexity index is 955. The van der Waals surface area contributed by atoms with Crippen LogP contribution in [0.1, 0.15) is 30.0 Å². The van der Waals surface area contributed by atoms with Crippen molar-refractivity contribution in [3.63, 3.8) is 0 Å². The molecule has 2 atom stereocenters. The van der Waals surface area contributed by atoms with E-state index in [1.54, 1.807) is 24.0 Å². The number of amides is 1. The number of nitro benzene ring substituents is 1. The minimum Gasteiger partial charge on any atom is -0.332 e. The maximum Gasteiger partial charge on any atom is 0.294 e. The molecular weight excluding hydrogens is 350 g/mol. The largest absolute Gasteiger partial charge is 0.332 e. The van der Waals surface area contributed by atoms with Crippen LogP contribution < -0.4 is 10.7 Å². The number of rotatable bonds is 3. The molecule has 142 valence electrons. The lowest BCUT2D eigenvalue weighted by Crippen LogP contribution is -2.57. The van der Waals surface area contributed by atoms with Gasteiger partial charge in [0, 0.05) is 43.0 Å². The molecule has 0 aliphatic carbocycles. The predicted molar refractivity (Wildman–Crippen MR) is 99.2 cm³/mol. The molecule has 0 saturated carbocycles. The second-order valence-electron chi connectivity index (χ2n) is 6.64. The van der Waals surface area contributed by atoms with E-state index in [0.29, 0.717) is 18.8 Å². The summed E-state index contributed by atoms with van der Waals surface area (Å²) in [7, 11) is 0. The third-order valence-corrected chi connectivity index (χ3v) is 4.91. The highest BCUT2D eigenvalue weighted by Crippen LogP contribution is 2.22. The maximum atomic E-state index is 13.0. The topological polar surface area (TPSA) is 110 Å². The van der Waals surface area contributed by atoms with Crippen molar-refractivity contribution in [3.8, 4) is 5.69 Å². The molecule has 3 rings (SSSR count). The van der Waals surface area contributed by atoms with Gasteiger partial charge in [0.25, 0.3) is 11.6 Å². The van der Waals surface area contributed by atoms with Crippen LogP contribution in [0.2, 0.25) is 0 Å². The molecule has 1 amide bonds. The van der Waals surface area contributed by atoms with E-state index in [1.807, 2.05) is 13.8 Å². The standard InChI is InChI=1S/C18H21N5O4/c1-11-10-16(24)17(18(25)21-9-8-19-12(2)13(21)3)20-22(11)14-6-4-5-7-15(14)23(26)27/h4-7,10,12-13,19H,8-9H2,1-3H3. The van der Waals surface area contributed by atoms with Gasteiger partial charge in [-0.15, -0.1) is 0 Å². The second kappa shape index (κ2) is 7.28. The number of para-hydroxylation sites is 2. The summed E-state index contributed by atoms with van der Waals surface area (Å²) in [6.07, 6.45) is 0. The molecule has 1 N–H and O–H groups in total. The summed E-state index contributed by atoms with van der Waals surface area (Å²) in [4.78, 5) is 37.9. The van der Waals surface area contributed by atoms with Crippen molar-refractivity contribution in [3.05, 3.63) is 62.1 Å². The van der Waals surface area contributed by atoms with Gasteiger partial charge >= 0.3 is 0 Å². The highest BCUT2D eigenvalue weighted by atomic mass is 16.6. The van der Waals surface area contributed by atoms with Crippen molar-refractivity contribution in [2.45, 2.75) is 32.9 Å². The summed E-state index contributed by atoms with van der Waals surface area (Å²) in [6.45, 7) is 6.59. The molecule has 0 radical (unpaired) electrons. The van der Waals surface area contributed by atoms with Gasteiger partial charge in [-0.25, -0.2) is 4.68 Å². The molecule has 1 saturated heterocycles. The third kappa shape index (κ3) is 3.45. The highest BCUT2D eigenvalue weighted by molar-refractivity contribution is 5.92. The Balaban J connectivity index is 2.09. The smallest absolute Gasteiger partial charge is 0.294 e. The number of hydrogen-bond donors (Lipinski definition) is 1. The molecule has 0 bridgehead atoms. The van der Waals surface area contributed by atoms with E-state index in [1.165, 1.54) is 22.9 Å². The van der Waals surface area contributed by atoms with Gasteiger partial charge in [-0.05, 0) is 26.8 Å². The number of aromatic nitrogens is 2. The van der Waals surface area contributed by atoms with Gasteiger partial charge < -0.3 is 10.2 Å². The normalized spacial score (nSPS) is 19.7. The Morgan fingerprint density at radius 3 is 2.74 bits per heavy atom. The molecule has 1 aromatic carbocycles. The summed E-state index contributed by atoms with van der Waals surface area (Å²) < 4.78 is 1.28. The molecule has 0 spiro atoms. The summed E-state index contributed by atoms with van der Waals surface area (Å²) in [5.74, 6) is -0.465. The molecule has 27 heavy (non-hydrogen) atoms. The molecule has 2 heterocycles. The fraction of sp³-hybridized carbons (Fsp3) is 0.389. The molecule has 1 aliphatic rings. The number of nitrogens with one attached hydrogen (secondary N) is 1. The molecule has 2 unspecified atom stereocenters. The van der Waals surface area contributed by atoms with Crippen LogP contribution >= 0.6 is 0 Å². The van der Waals surface area contributed by atoms with Crippen LogP contribution in [0, 0.1) is 17.0 Å². The van der Waals surface area contributed by atoms with Crippen LogP contribution in [-0.2, 0) is 0 Å². The summed E-state index contributed by atoms with van der Waals surface area (Å²) in [6, 6.07) is 7.35. The summed E-state index contributed by atoms with van der Waals surface area (Å²) in [5.41, 5.74) is -0.270. The average molecular weight is 371 g/mol. The third-order valence-electron chi connectivity index (χ3n) is 4.91. The zero-order valence-electron chi connectivity index (χ0n) is 15.4. The van der Waals surface area contributed by atoms with Crippen molar-refractivity contribution in [1.82, 2.24) is 20.0 Å². The maximum absolute atomic E-state index is 13.0. The van der Waals surface area contributed by atoms with Crippen molar-refractivity contribution < 1.29 is 9.72 Å². The number of nitro groups is 1. The number of piperazine rings is 1. The highest BCUT2D eigenvalue weighted by Gasteiger charge is 2.31. The lowest BCUT2D eigenvalue weighted by molar-refractivity contribution is -0.384. The van der Waals surface area contributed by atoms with Gasteiger partial charge in [0.2, 0.25) is 5.43 Å². The lowest BCUT2D eigenvalue weighted by atomic mass is 10.1. The SMILES string of the molecule is Cc1cc(=O)c(C(=O)N2CCNC(C)C2C)nn1-c1ccccc1[N+](=O)[O-]. The van der Waals surface area contributed by atoms with Crippen molar-refractivity contribution in [1.29, 1.82) is 0 Å². The number of hydrogen-bond acceptors (Lipinski definition) is 6. The number of carbonyl (C=O) groups is 1. The Hall–Kier alpha value is -3.07. The number of aryl methyl sites for hydroxylation is 1. The summed E-state index contributed by atoms with van der Waals surface area (Å²) in [5, 5.41) is 18.8. The van der Waals surface area contributed by atoms with Crippen LogP contribution in [0.25, 0.3) is 5.69 Å². The lowest BCUT2D eigenvalue weighted by Gasteiger charge is -2.38. The minimum absolute atomic E-state index is 0.0885. The van der Waals surface area contributed by atoms with Gasteiger partial charge in [-0.1, -0.05) is 12.1 Å². The van der Waals surface area contributed by atoms with E-state index in [4.69, 9.17) is 0 Å². The zero-order chi connectivity index (χ0) is 19.7. The van der Waals surface area contributed by atoms with Crippen LogP contribution in [0.3, 0.4) is 0 Å². The van der Waals surface area contributed by atoms with Crippen LogP contribution in [-0.4, -0.2) is 50.7 Å². The van der Waals surface area contributed by atoms with Gasteiger partial charge in [0.05, 0.1) is 4.92 Å². The molecule has 9 nitrogen and oxygen atoms in total. The number of nitrogens with zero attached hydrogens (tertiary/aromatic N) is 4. The molecule has 1 aliphatic heterocycles. The van der Waals surface area contributed by atoms with E-state index < -0.39 is 16.3 Å². The van der Waals surface area contributed by atoms with Crippen molar-refractivity contribution in [2.75, 3.05) is 13.1 Å². The van der Waals surface area contributed by atoms with E-state index in [0.717, 1.165) is 0 Å². The first-order valence-corrected chi connectivity index (χ1v) is 8.70. The van der Waals surface area contributed by atoms with E-state index in [2.05, 4.69) is 10.4 Å². The zero-order valence-corrected chi connectivity index (χ0v) is 15.4. The number of benzene rings is 1. The van der Waals surface area contributed by atoms with Crippen LogP contribution in [0.5, 0.6) is 0 Å². The average Bonchev–Trinajstić information content (AvgIpc) is 2.63. The Morgan fingerprint density at radius 2 is 2.04 bits per heavy atom. The van der Waals surface area contributed by atoms with E-state index in [9.17, 15) is 19.7 Å². The van der Waals surface area contributed by atoms with Gasteiger partial charge in [-0.3, -0.25) is 19.7 Å². The first-order valence-electron chi connectivity index (χ1n) is 8.70. The van der Waals surface area contributed by atoms with Gasteiger partial charge in [0.1, 0.15) is 5.69 Å². The Labute approximate surface area is 155 Å². The first kappa shape index (κ1) is 18.7. The van der Waals surface area contributed by atoms with Gasteiger partial charge in [0.15, 0.2) is 5.69 Å². The predicted octanol–water partition coefficient (Wildman–Crippen LogP) is 1.27. The Kier molecular flexibility index (Phi) is 5.04. The second-order valence-corrected chi connectivity index (χ2v) is 6.64. The molecule has 1 fully saturated rings. The number of carbonyl (C=O) groups excluding carboxylic acids is 1. The molecule has 1 aromatic heterocycles. The quantitative estimate of drug-likeness (QED) is 0.643. The van der Waals surface area contributed by atoms with Crippen LogP contribution in [0.15, 0.2) is 35.1 Å². The molecule has 9 heteroatoms.